The van der Waals surface area contributed by atoms with Crippen molar-refractivity contribution >= 4 is 17.7 Å². The number of anilines is 1. The fraction of sp³-hybridized carbons (Fsp3) is 0.176. The standard InChI is InChI=1S/C17H15FN2O/c1-12-7-8-15(18)17(9-12)20-10-14(16(11-21)19-20)13-5-3-2-4-6-13/h2-9,11,14H,10H2,1H3. The SMILES string of the molecule is Cc1ccc(F)c(N2CC(c3ccccc3)C(C=O)=N2)c1. The van der Waals surface area contributed by atoms with Crippen molar-refractivity contribution in [3.8, 4) is 0 Å². The summed E-state index contributed by atoms with van der Waals surface area (Å²) in [5, 5.41) is 5.85. The first-order valence-corrected chi connectivity index (χ1v) is 6.81. The maximum Gasteiger partial charge on any atom is 0.166 e. The summed E-state index contributed by atoms with van der Waals surface area (Å²) in [4.78, 5) is 11.3. The van der Waals surface area contributed by atoms with Gasteiger partial charge < -0.3 is 0 Å². The molecule has 21 heavy (non-hydrogen) atoms. The molecule has 2 aromatic rings. The first-order valence-electron chi connectivity index (χ1n) is 6.81. The molecule has 0 fully saturated rings. The predicted molar refractivity (Wildman–Crippen MR) is 81.2 cm³/mol. The van der Waals surface area contributed by atoms with Crippen molar-refractivity contribution in [1.29, 1.82) is 0 Å². The largest absolute Gasteiger partial charge is 0.296 e. The quantitative estimate of drug-likeness (QED) is 0.809. The first kappa shape index (κ1) is 13.5. The van der Waals surface area contributed by atoms with Crippen molar-refractivity contribution in [2.45, 2.75) is 12.8 Å². The Labute approximate surface area is 122 Å². The van der Waals surface area contributed by atoms with Gasteiger partial charge in [0.2, 0.25) is 0 Å². The monoisotopic (exact) mass is 282 g/mol. The van der Waals surface area contributed by atoms with E-state index in [1.807, 2.05) is 37.3 Å². The van der Waals surface area contributed by atoms with Crippen LogP contribution in [0.5, 0.6) is 0 Å². The van der Waals surface area contributed by atoms with Gasteiger partial charge in [-0.05, 0) is 30.2 Å². The van der Waals surface area contributed by atoms with Crippen molar-refractivity contribution in [3.05, 3.63) is 65.5 Å². The highest BCUT2D eigenvalue weighted by molar-refractivity contribution is 6.32. The molecule has 1 atom stereocenters. The summed E-state index contributed by atoms with van der Waals surface area (Å²) in [5.41, 5.74) is 2.81. The van der Waals surface area contributed by atoms with Gasteiger partial charge in [0.05, 0.1) is 18.2 Å². The Bertz CT molecular complexity index is 697. The molecule has 2 aromatic carbocycles. The van der Waals surface area contributed by atoms with Crippen LogP contribution in [-0.2, 0) is 4.79 Å². The van der Waals surface area contributed by atoms with E-state index in [0.29, 0.717) is 17.9 Å². The highest BCUT2D eigenvalue weighted by Gasteiger charge is 2.29. The average Bonchev–Trinajstić information content (AvgIpc) is 2.94. The molecule has 3 nitrogen and oxygen atoms in total. The number of halogens is 1. The van der Waals surface area contributed by atoms with Gasteiger partial charge >= 0.3 is 0 Å². The minimum atomic E-state index is -0.330. The number of carbonyl (C=O) groups excluding carboxylic acids is 1. The van der Waals surface area contributed by atoms with E-state index in [2.05, 4.69) is 5.10 Å². The third-order valence-corrected chi connectivity index (χ3v) is 3.65. The number of hydrazone groups is 1. The summed E-state index contributed by atoms with van der Waals surface area (Å²) < 4.78 is 14.0. The molecule has 1 aliphatic heterocycles. The molecule has 0 aliphatic carbocycles. The zero-order chi connectivity index (χ0) is 14.8. The van der Waals surface area contributed by atoms with E-state index < -0.39 is 0 Å². The number of carbonyl (C=O) groups is 1. The van der Waals surface area contributed by atoms with E-state index in [0.717, 1.165) is 17.4 Å². The molecule has 106 valence electrons. The molecule has 0 N–H and O–H groups in total. The minimum absolute atomic E-state index is 0.122. The molecule has 1 unspecified atom stereocenters. The zero-order valence-electron chi connectivity index (χ0n) is 11.7. The van der Waals surface area contributed by atoms with E-state index in [4.69, 9.17) is 0 Å². The highest BCUT2D eigenvalue weighted by atomic mass is 19.1. The highest BCUT2D eigenvalue weighted by Crippen LogP contribution is 2.30. The van der Waals surface area contributed by atoms with Crippen LogP contribution in [0, 0.1) is 12.7 Å². The van der Waals surface area contributed by atoms with E-state index in [1.165, 1.54) is 6.07 Å². The lowest BCUT2D eigenvalue weighted by molar-refractivity contribution is -0.102. The summed E-state index contributed by atoms with van der Waals surface area (Å²) in [6, 6.07) is 14.6. The molecular formula is C17H15FN2O. The summed E-state index contributed by atoms with van der Waals surface area (Å²) >= 11 is 0. The Hall–Kier alpha value is -2.49. The van der Waals surface area contributed by atoms with E-state index >= 15 is 0 Å². The second-order valence-corrected chi connectivity index (χ2v) is 5.14. The van der Waals surface area contributed by atoms with E-state index in [1.54, 1.807) is 17.1 Å². The number of hydrogen-bond acceptors (Lipinski definition) is 3. The third-order valence-electron chi connectivity index (χ3n) is 3.65. The molecule has 1 heterocycles. The van der Waals surface area contributed by atoms with Crippen molar-refractivity contribution in [2.24, 2.45) is 5.10 Å². The molecule has 0 aromatic heterocycles. The first-order chi connectivity index (χ1) is 10.2. The van der Waals surface area contributed by atoms with Gasteiger partial charge in [-0.3, -0.25) is 9.80 Å². The van der Waals surface area contributed by atoms with Crippen LogP contribution in [0.4, 0.5) is 10.1 Å². The Morgan fingerprint density at radius 3 is 2.71 bits per heavy atom. The summed E-state index contributed by atoms with van der Waals surface area (Å²) in [6.45, 7) is 2.37. The van der Waals surface area contributed by atoms with E-state index in [9.17, 15) is 9.18 Å². The number of aldehydes is 1. The topological polar surface area (TPSA) is 32.7 Å². The molecule has 0 saturated heterocycles. The minimum Gasteiger partial charge on any atom is -0.296 e. The van der Waals surface area contributed by atoms with Gasteiger partial charge in [-0.1, -0.05) is 36.4 Å². The fourth-order valence-corrected chi connectivity index (χ4v) is 2.56. The van der Waals surface area contributed by atoms with E-state index in [-0.39, 0.29) is 11.7 Å². The molecular weight excluding hydrogens is 267 g/mol. The van der Waals surface area contributed by atoms with Crippen LogP contribution in [-0.4, -0.2) is 18.5 Å². The maximum absolute atomic E-state index is 14.0. The smallest absolute Gasteiger partial charge is 0.166 e. The lowest BCUT2D eigenvalue weighted by atomic mass is 9.95. The molecule has 0 amide bonds. The van der Waals surface area contributed by atoms with Crippen LogP contribution in [0.25, 0.3) is 0 Å². The van der Waals surface area contributed by atoms with Crippen molar-refractivity contribution in [3.63, 3.8) is 0 Å². The van der Waals surface area contributed by atoms with Crippen molar-refractivity contribution in [1.82, 2.24) is 0 Å². The Balaban J connectivity index is 1.96. The lowest BCUT2D eigenvalue weighted by Crippen LogP contribution is -2.19. The van der Waals surface area contributed by atoms with Crippen LogP contribution in [0.2, 0.25) is 0 Å². The van der Waals surface area contributed by atoms with Gasteiger partial charge in [-0.15, -0.1) is 0 Å². The molecule has 0 saturated carbocycles. The maximum atomic E-state index is 14.0. The second-order valence-electron chi connectivity index (χ2n) is 5.14. The van der Waals surface area contributed by atoms with Gasteiger partial charge in [-0.25, -0.2) is 4.39 Å². The van der Waals surface area contributed by atoms with Crippen molar-refractivity contribution < 1.29 is 9.18 Å². The Kier molecular flexibility index (Phi) is 3.52. The molecule has 0 bridgehead atoms. The van der Waals surface area contributed by atoms with Crippen molar-refractivity contribution in [2.75, 3.05) is 11.6 Å². The molecule has 3 rings (SSSR count). The fourth-order valence-electron chi connectivity index (χ4n) is 2.56. The van der Waals surface area contributed by atoms with Crippen LogP contribution < -0.4 is 5.01 Å². The molecule has 4 heteroatoms. The second kappa shape index (κ2) is 5.48. The van der Waals surface area contributed by atoms with Crippen LogP contribution in [0.1, 0.15) is 17.0 Å². The summed E-state index contributed by atoms with van der Waals surface area (Å²) in [6.07, 6.45) is 0.755. The van der Waals surface area contributed by atoms with Gasteiger partial charge in [0.25, 0.3) is 0 Å². The molecule has 1 aliphatic rings. The van der Waals surface area contributed by atoms with Gasteiger partial charge in [0.15, 0.2) is 6.29 Å². The number of hydrogen-bond donors (Lipinski definition) is 0. The third kappa shape index (κ3) is 2.57. The van der Waals surface area contributed by atoms with Gasteiger partial charge in [0, 0.05) is 0 Å². The lowest BCUT2D eigenvalue weighted by Gasteiger charge is -2.17. The summed E-state index contributed by atoms with van der Waals surface area (Å²) in [7, 11) is 0. The number of nitrogens with zero attached hydrogens (tertiary/aromatic N) is 2. The van der Waals surface area contributed by atoms with Gasteiger partial charge in [0.1, 0.15) is 11.5 Å². The number of rotatable bonds is 3. The zero-order valence-corrected chi connectivity index (χ0v) is 11.7. The van der Waals surface area contributed by atoms with Crippen LogP contribution in [0.3, 0.4) is 0 Å². The molecule has 0 radical (unpaired) electrons. The Morgan fingerprint density at radius 2 is 2.00 bits per heavy atom. The van der Waals surface area contributed by atoms with Gasteiger partial charge in [-0.2, -0.15) is 5.10 Å². The summed E-state index contributed by atoms with van der Waals surface area (Å²) in [5.74, 6) is -0.452. The predicted octanol–water partition coefficient (Wildman–Crippen LogP) is 3.29. The average molecular weight is 282 g/mol. The number of aryl methyl sites for hydroxylation is 1. The van der Waals surface area contributed by atoms with Crippen LogP contribution >= 0.6 is 0 Å². The molecule has 0 spiro atoms. The Morgan fingerprint density at radius 1 is 1.24 bits per heavy atom. The number of benzene rings is 2. The van der Waals surface area contributed by atoms with Crippen LogP contribution in [0.15, 0.2) is 53.6 Å². The normalized spacial score (nSPS) is 17.7.